The molecule has 1 aromatic rings. The number of nitrogens with zero attached hydrogens (tertiary/aromatic N) is 1. The van der Waals surface area contributed by atoms with E-state index in [0.29, 0.717) is 6.54 Å². The normalized spacial score (nSPS) is 23.0. The molecule has 3 nitrogen and oxygen atoms in total. The molecule has 1 heterocycles. The molecule has 1 aromatic carbocycles. The average molecular weight is 376 g/mol. The Morgan fingerprint density at radius 3 is 2.38 bits per heavy atom. The van der Waals surface area contributed by atoms with Gasteiger partial charge >= 0.3 is 0 Å². The monoisotopic (exact) mass is 374 g/mol. The van der Waals surface area contributed by atoms with Crippen LogP contribution in [-0.2, 0) is 4.74 Å². The Morgan fingerprint density at radius 1 is 1.29 bits per heavy atom. The highest BCUT2D eigenvalue weighted by atomic mass is 79.9. The second-order valence-electron chi connectivity index (χ2n) is 6.94. The summed E-state index contributed by atoms with van der Waals surface area (Å²) in [4.78, 5) is 2.39. The predicted molar refractivity (Wildman–Crippen MR) is 91.8 cm³/mol. The van der Waals surface area contributed by atoms with E-state index in [-0.39, 0.29) is 17.2 Å². The SMILES string of the molecule is CC1(C)CN(C(CN)c2cc(Br)ccc2Cl)CC(C)(C)O1. The summed E-state index contributed by atoms with van der Waals surface area (Å²) < 4.78 is 7.17. The zero-order chi connectivity index (χ0) is 15.8. The molecule has 1 fully saturated rings. The van der Waals surface area contributed by atoms with Crippen molar-refractivity contribution < 1.29 is 4.74 Å². The third kappa shape index (κ3) is 4.20. The zero-order valence-corrected chi connectivity index (χ0v) is 15.5. The third-order valence-corrected chi connectivity index (χ3v) is 4.54. The zero-order valence-electron chi connectivity index (χ0n) is 13.1. The van der Waals surface area contributed by atoms with Crippen molar-refractivity contribution in [1.82, 2.24) is 4.90 Å². The number of ether oxygens (including phenoxy) is 1. The average Bonchev–Trinajstić information content (AvgIpc) is 2.30. The van der Waals surface area contributed by atoms with Gasteiger partial charge in [0, 0.05) is 35.2 Å². The van der Waals surface area contributed by atoms with E-state index in [0.717, 1.165) is 28.1 Å². The number of hydrogen-bond donors (Lipinski definition) is 1. The van der Waals surface area contributed by atoms with Gasteiger partial charge in [0.05, 0.1) is 11.2 Å². The standard InChI is InChI=1S/C16H24BrClN2O/c1-15(2)9-20(10-16(3,4)21-15)14(8-19)12-7-11(17)5-6-13(12)18/h5-7,14H,8-10,19H2,1-4H3. The number of halogens is 2. The maximum Gasteiger partial charge on any atom is 0.0761 e. The Bertz CT molecular complexity index is 503. The molecule has 2 rings (SSSR count). The van der Waals surface area contributed by atoms with E-state index in [9.17, 15) is 0 Å². The van der Waals surface area contributed by atoms with Gasteiger partial charge in [-0.25, -0.2) is 0 Å². The minimum Gasteiger partial charge on any atom is -0.367 e. The molecule has 0 bridgehead atoms. The molecule has 21 heavy (non-hydrogen) atoms. The Kier molecular flexibility index (Phi) is 5.06. The molecule has 0 radical (unpaired) electrons. The summed E-state index contributed by atoms with van der Waals surface area (Å²) in [6, 6.07) is 6.03. The van der Waals surface area contributed by atoms with E-state index in [1.807, 2.05) is 12.1 Å². The van der Waals surface area contributed by atoms with E-state index in [1.54, 1.807) is 0 Å². The van der Waals surface area contributed by atoms with Gasteiger partial charge in [-0.2, -0.15) is 0 Å². The fourth-order valence-electron chi connectivity index (χ4n) is 3.31. The Labute approximate surface area is 140 Å². The first-order chi connectivity index (χ1) is 9.63. The van der Waals surface area contributed by atoms with Crippen LogP contribution in [0.2, 0.25) is 5.02 Å². The quantitative estimate of drug-likeness (QED) is 0.868. The first kappa shape index (κ1) is 17.2. The van der Waals surface area contributed by atoms with Gasteiger partial charge in [-0.05, 0) is 51.5 Å². The molecule has 1 saturated heterocycles. The molecular weight excluding hydrogens is 352 g/mol. The third-order valence-electron chi connectivity index (χ3n) is 3.70. The number of rotatable bonds is 3. The molecule has 1 aliphatic rings. The van der Waals surface area contributed by atoms with E-state index in [4.69, 9.17) is 22.1 Å². The molecule has 1 aliphatic heterocycles. The van der Waals surface area contributed by atoms with Crippen LogP contribution in [0.15, 0.2) is 22.7 Å². The molecule has 0 aromatic heterocycles. The fraction of sp³-hybridized carbons (Fsp3) is 0.625. The lowest BCUT2D eigenvalue weighted by Gasteiger charge is -2.49. The van der Waals surface area contributed by atoms with Crippen molar-refractivity contribution >= 4 is 27.5 Å². The highest BCUT2D eigenvalue weighted by molar-refractivity contribution is 9.10. The topological polar surface area (TPSA) is 38.5 Å². The lowest BCUT2D eigenvalue weighted by molar-refractivity contribution is -0.187. The molecule has 5 heteroatoms. The van der Waals surface area contributed by atoms with Crippen molar-refractivity contribution in [2.45, 2.75) is 44.9 Å². The summed E-state index contributed by atoms with van der Waals surface area (Å²) in [5.74, 6) is 0. The second-order valence-corrected chi connectivity index (χ2v) is 8.27. The van der Waals surface area contributed by atoms with Crippen LogP contribution < -0.4 is 5.73 Å². The second kappa shape index (κ2) is 6.17. The lowest BCUT2D eigenvalue weighted by atomic mass is 9.95. The Morgan fingerprint density at radius 2 is 1.86 bits per heavy atom. The predicted octanol–water partition coefficient (Wildman–Crippen LogP) is 3.99. The van der Waals surface area contributed by atoms with Gasteiger partial charge in [0.15, 0.2) is 0 Å². The van der Waals surface area contributed by atoms with Crippen LogP contribution in [0.4, 0.5) is 0 Å². The lowest BCUT2D eigenvalue weighted by Crippen LogP contribution is -2.58. The van der Waals surface area contributed by atoms with Gasteiger partial charge in [-0.15, -0.1) is 0 Å². The van der Waals surface area contributed by atoms with Gasteiger partial charge in [0.2, 0.25) is 0 Å². The van der Waals surface area contributed by atoms with Crippen LogP contribution >= 0.6 is 27.5 Å². The van der Waals surface area contributed by atoms with Gasteiger partial charge in [-0.1, -0.05) is 27.5 Å². The van der Waals surface area contributed by atoms with Crippen molar-refractivity contribution in [2.24, 2.45) is 5.73 Å². The number of morpholine rings is 1. The highest BCUT2D eigenvalue weighted by Crippen LogP contribution is 2.36. The molecule has 2 N–H and O–H groups in total. The van der Waals surface area contributed by atoms with Crippen LogP contribution in [-0.4, -0.2) is 35.7 Å². The number of benzene rings is 1. The molecular formula is C16H24BrClN2O. The molecule has 0 aliphatic carbocycles. The molecule has 1 atom stereocenters. The maximum absolute atomic E-state index is 6.40. The minimum atomic E-state index is -0.201. The Hall–Kier alpha value is -0.130. The summed E-state index contributed by atoms with van der Waals surface area (Å²) in [6.45, 7) is 10.7. The van der Waals surface area contributed by atoms with Crippen molar-refractivity contribution in [1.29, 1.82) is 0 Å². The Balaban J connectivity index is 2.34. The van der Waals surface area contributed by atoms with Crippen molar-refractivity contribution in [2.75, 3.05) is 19.6 Å². The van der Waals surface area contributed by atoms with Gasteiger partial charge < -0.3 is 10.5 Å². The molecule has 118 valence electrons. The molecule has 1 unspecified atom stereocenters. The summed E-state index contributed by atoms with van der Waals surface area (Å²) in [5, 5.41) is 0.760. The smallest absolute Gasteiger partial charge is 0.0761 e. The van der Waals surface area contributed by atoms with Gasteiger partial charge in [-0.3, -0.25) is 4.90 Å². The van der Waals surface area contributed by atoms with Crippen molar-refractivity contribution in [3.8, 4) is 0 Å². The number of nitrogens with two attached hydrogens (primary N) is 1. The molecule has 0 amide bonds. The first-order valence-corrected chi connectivity index (χ1v) is 8.40. The first-order valence-electron chi connectivity index (χ1n) is 7.23. The van der Waals surface area contributed by atoms with Crippen LogP contribution in [0.3, 0.4) is 0 Å². The summed E-state index contributed by atoms with van der Waals surface area (Å²) in [5.41, 5.74) is 6.75. The minimum absolute atomic E-state index is 0.0949. The van der Waals surface area contributed by atoms with Crippen molar-refractivity contribution in [3.63, 3.8) is 0 Å². The molecule has 0 saturated carbocycles. The van der Waals surface area contributed by atoms with Gasteiger partial charge in [0.1, 0.15) is 0 Å². The maximum atomic E-state index is 6.40. The van der Waals surface area contributed by atoms with Crippen LogP contribution in [0.5, 0.6) is 0 Å². The van der Waals surface area contributed by atoms with E-state index >= 15 is 0 Å². The van der Waals surface area contributed by atoms with Crippen molar-refractivity contribution in [3.05, 3.63) is 33.3 Å². The van der Waals surface area contributed by atoms with E-state index in [2.05, 4.69) is 54.6 Å². The summed E-state index contributed by atoms with van der Waals surface area (Å²) in [6.07, 6.45) is 0. The summed E-state index contributed by atoms with van der Waals surface area (Å²) >= 11 is 9.92. The van der Waals surface area contributed by atoms with E-state index < -0.39 is 0 Å². The van der Waals surface area contributed by atoms with Crippen LogP contribution in [0.1, 0.15) is 39.3 Å². The fourth-order valence-corrected chi connectivity index (χ4v) is 3.93. The summed E-state index contributed by atoms with van der Waals surface area (Å²) in [7, 11) is 0. The van der Waals surface area contributed by atoms with Gasteiger partial charge in [0.25, 0.3) is 0 Å². The number of hydrogen-bond acceptors (Lipinski definition) is 3. The largest absolute Gasteiger partial charge is 0.367 e. The van der Waals surface area contributed by atoms with E-state index in [1.165, 1.54) is 0 Å². The highest BCUT2D eigenvalue weighted by Gasteiger charge is 2.40. The van der Waals surface area contributed by atoms with Crippen LogP contribution in [0.25, 0.3) is 0 Å². The molecule has 0 spiro atoms. The van der Waals surface area contributed by atoms with Crippen LogP contribution in [0, 0.1) is 0 Å².